The Morgan fingerprint density at radius 1 is 1.39 bits per heavy atom. The molecule has 0 radical (unpaired) electrons. The number of hydrogen-bond donors (Lipinski definition) is 4. The monoisotopic (exact) mass is 255 g/mol. The molecule has 0 bridgehead atoms. The van der Waals surface area contributed by atoms with Crippen LogP contribution in [-0.4, -0.2) is 33.0 Å². The number of carbonyl (C=O) groups excluding carboxylic acids is 1. The molecule has 0 aliphatic carbocycles. The van der Waals surface area contributed by atoms with E-state index in [4.69, 9.17) is 5.11 Å². The van der Waals surface area contributed by atoms with Crippen LogP contribution in [0.1, 0.15) is 19.0 Å². The Hall–Kier alpha value is -2.38. The molecule has 1 atom stereocenters. The first-order valence-electron chi connectivity index (χ1n) is 5.27. The van der Waals surface area contributed by atoms with Crippen molar-refractivity contribution in [3.63, 3.8) is 0 Å². The number of nitrogens with one attached hydrogen (secondary N) is 3. The lowest BCUT2D eigenvalue weighted by atomic mass is 10.2. The smallest absolute Gasteiger partial charge is 0.326 e. The van der Waals surface area contributed by atoms with E-state index in [2.05, 4.69) is 10.3 Å². The standard InChI is InChI=1S/C10H13N3O5/c1-2-6(9(16)17)12-7(14)3-5-4-8(15)13-10(18)11-5/h4,6H,2-3H2,1H3,(H,12,14)(H,16,17)(H2,11,13,15,18). The van der Waals surface area contributed by atoms with E-state index in [1.54, 1.807) is 6.92 Å². The Balaban J connectivity index is 2.73. The summed E-state index contributed by atoms with van der Waals surface area (Å²) in [5.41, 5.74) is -1.20. The summed E-state index contributed by atoms with van der Waals surface area (Å²) in [6.45, 7) is 1.62. The second-order valence-corrected chi connectivity index (χ2v) is 3.66. The van der Waals surface area contributed by atoms with Gasteiger partial charge in [-0.2, -0.15) is 0 Å². The zero-order valence-electron chi connectivity index (χ0n) is 9.65. The maximum absolute atomic E-state index is 11.5. The van der Waals surface area contributed by atoms with Crippen LogP contribution in [0.15, 0.2) is 15.7 Å². The van der Waals surface area contributed by atoms with E-state index in [1.165, 1.54) is 0 Å². The number of carbonyl (C=O) groups is 2. The number of carboxylic acids is 1. The summed E-state index contributed by atoms with van der Waals surface area (Å²) in [5.74, 6) is -1.71. The highest BCUT2D eigenvalue weighted by Gasteiger charge is 2.17. The minimum atomic E-state index is -1.13. The van der Waals surface area contributed by atoms with Crippen LogP contribution in [0.4, 0.5) is 0 Å². The van der Waals surface area contributed by atoms with Crippen LogP contribution in [0.5, 0.6) is 0 Å². The van der Waals surface area contributed by atoms with Gasteiger partial charge < -0.3 is 15.4 Å². The molecule has 0 fully saturated rings. The summed E-state index contributed by atoms with van der Waals surface area (Å²) in [4.78, 5) is 48.4. The molecule has 0 aliphatic heterocycles. The van der Waals surface area contributed by atoms with E-state index in [0.717, 1.165) is 6.07 Å². The van der Waals surface area contributed by atoms with Gasteiger partial charge in [0.15, 0.2) is 0 Å². The van der Waals surface area contributed by atoms with Crippen molar-refractivity contribution in [3.8, 4) is 0 Å². The topological polar surface area (TPSA) is 132 Å². The highest BCUT2D eigenvalue weighted by molar-refractivity contribution is 5.84. The lowest BCUT2D eigenvalue weighted by molar-refractivity contribution is -0.141. The fourth-order valence-electron chi connectivity index (χ4n) is 1.37. The normalized spacial score (nSPS) is 11.8. The number of aromatic amines is 2. The minimum absolute atomic E-state index is 0.126. The van der Waals surface area contributed by atoms with E-state index in [-0.39, 0.29) is 18.5 Å². The fourth-order valence-corrected chi connectivity index (χ4v) is 1.37. The van der Waals surface area contributed by atoms with E-state index in [0.29, 0.717) is 0 Å². The molecule has 0 saturated heterocycles. The first kappa shape index (κ1) is 13.7. The van der Waals surface area contributed by atoms with Gasteiger partial charge >= 0.3 is 11.7 Å². The molecule has 1 heterocycles. The van der Waals surface area contributed by atoms with Gasteiger partial charge in [0.2, 0.25) is 5.91 Å². The van der Waals surface area contributed by atoms with Gasteiger partial charge in [0.05, 0.1) is 6.42 Å². The molecule has 0 saturated carbocycles. The van der Waals surface area contributed by atoms with Crippen molar-refractivity contribution in [2.75, 3.05) is 0 Å². The summed E-state index contributed by atoms with van der Waals surface area (Å²) in [7, 11) is 0. The summed E-state index contributed by atoms with van der Waals surface area (Å²) < 4.78 is 0. The highest BCUT2D eigenvalue weighted by atomic mass is 16.4. The Bertz CT molecular complexity index is 531. The lowest BCUT2D eigenvalue weighted by Crippen LogP contribution is -2.41. The van der Waals surface area contributed by atoms with Gasteiger partial charge in [0.25, 0.3) is 5.56 Å². The maximum Gasteiger partial charge on any atom is 0.326 e. The predicted molar refractivity (Wildman–Crippen MR) is 61.2 cm³/mol. The van der Waals surface area contributed by atoms with Crippen molar-refractivity contribution in [3.05, 3.63) is 32.6 Å². The quantitative estimate of drug-likeness (QED) is 0.513. The molecule has 8 nitrogen and oxygen atoms in total. The van der Waals surface area contributed by atoms with Gasteiger partial charge in [0, 0.05) is 11.8 Å². The van der Waals surface area contributed by atoms with Gasteiger partial charge in [-0.15, -0.1) is 0 Å². The zero-order chi connectivity index (χ0) is 13.7. The SMILES string of the molecule is CCC(NC(=O)Cc1cc(=O)[nH]c(=O)[nH]1)C(=O)O. The number of aliphatic carboxylic acids is 1. The van der Waals surface area contributed by atoms with E-state index in [1.807, 2.05) is 4.98 Å². The third-order valence-electron chi connectivity index (χ3n) is 2.21. The molecule has 1 aromatic rings. The van der Waals surface area contributed by atoms with Crippen LogP contribution in [0.25, 0.3) is 0 Å². The highest BCUT2D eigenvalue weighted by Crippen LogP contribution is 1.94. The molecule has 1 unspecified atom stereocenters. The molecular formula is C10H13N3O5. The molecule has 1 aromatic heterocycles. The van der Waals surface area contributed by atoms with Crippen LogP contribution >= 0.6 is 0 Å². The Morgan fingerprint density at radius 3 is 2.56 bits per heavy atom. The van der Waals surface area contributed by atoms with Crippen molar-refractivity contribution < 1.29 is 14.7 Å². The van der Waals surface area contributed by atoms with Crippen LogP contribution in [0.3, 0.4) is 0 Å². The minimum Gasteiger partial charge on any atom is -0.480 e. The first-order chi connectivity index (χ1) is 8.42. The molecule has 0 aliphatic rings. The summed E-state index contributed by atoms with van der Waals surface area (Å²) in [6.07, 6.45) is -0.0180. The molecule has 0 aromatic carbocycles. The van der Waals surface area contributed by atoms with Gasteiger partial charge in [-0.05, 0) is 6.42 Å². The second kappa shape index (κ2) is 5.80. The summed E-state index contributed by atoms with van der Waals surface area (Å²) in [6, 6.07) is 0.0918. The van der Waals surface area contributed by atoms with Crippen LogP contribution in [0.2, 0.25) is 0 Å². The predicted octanol–water partition coefficient (Wildman–Crippen LogP) is -1.41. The number of carboxylic acid groups (broad SMARTS) is 1. The summed E-state index contributed by atoms with van der Waals surface area (Å²) in [5, 5.41) is 11.0. The summed E-state index contributed by atoms with van der Waals surface area (Å²) >= 11 is 0. The van der Waals surface area contributed by atoms with E-state index >= 15 is 0 Å². The molecule has 1 amide bonds. The van der Waals surface area contributed by atoms with Crippen LogP contribution in [-0.2, 0) is 16.0 Å². The van der Waals surface area contributed by atoms with Crippen LogP contribution in [0, 0.1) is 0 Å². The van der Waals surface area contributed by atoms with Crippen LogP contribution < -0.4 is 16.6 Å². The average Bonchev–Trinajstić information content (AvgIpc) is 2.23. The lowest BCUT2D eigenvalue weighted by Gasteiger charge is -2.11. The number of rotatable bonds is 5. The first-order valence-corrected chi connectivity index (χ1v) is 5.27. The van der Waals surface area contributed by atoms with Gasteiger partial charge in [-0.25, -0.2) is 9.59 Å². The Kier molecular flexibility index (Phi) is 4.41. The Labute approximate surface area is 101 Å². The van der Waals surface area contributed by atoms with Crippen molar-refractivity contribution in [1.82, 2.24) is 15.3 Å². The molecule has 1 rings (SSSR count). The second-order valence-electron chi connectivity index (χ2n) is 3.66. The average molecular weight is 255 g/mol. The van der Waals surface area contributed by atoms with E-state index < -0.39 is 29.2 Å². The molecule has 4 N–H and O–H groups in total. The van der Waals surface area contributed by atoms with Crippen molar-refractivity contribution in [2.24, 2.45) is 0 Å². The molecular weight excluding hydrogens is 242 g/mol. The zero-order valence-corrected chi connectivity index (χ0v) is 9.65. The fraction of sp³-hybridized carbons (Fsp3) is 0.400. The van der Waals surface area contributed by atoms with Crippen molar-refractivity contribution in [1.29, 1.82) is 0 Å². The van der Waals surface area contributed by atoms with Crippen molar-refractivity contribution >= 4 is 11.9 Å². The largest absolute Gasteiger partial charge is 0.480 e. The molecule has 0 spiro atoms. The van der Waals surface area contributed by atoms with Gasteiger partial charge in [0.1, 0.15) is 6.04 Å². The Morgan fingerprint density at radius 2 is 2.06 bits per heavy atom. The van der Waals surface area contributed by atoms with Crippen molar-refractivity contribution in [2.45, 2.75) is 25.8 Å². The molecule has 8 heteroatoms. The maximum atomic E-state index is 11.5. The number of aromatic nitrogens is 2. The third-order valence-corrected chi connectivity index (χ3v) is 2.21. The van der Waals surface area contributed by atoms with Gasteiger partial charge in [-0.3, -0.25) is 14.6 Å². The number of amides is 1. The molecule has 98 valence electrons. The third kappa shape index (κ3) is 3.89. The number of H-pyrrole nitrogens is 2. The number of hydrogen-bond acceptors (Lipinski definition) is 4. The van der Waals surface area contributed by atoms with Gasteiger partial charge in [-0.1, -0.05) is 6.92 Å². The molecule has 18 heavy (non-hydrogen) atoms. The van der Waals surface area contributed by atoms with E-state index in [9.17, 15) is 19.2 Å².